The molecule has 0 aliphatic rings. The highest BCUT2D eigenvalue weighted by Gasteiger charge is 2.23. The van der Waals surface area contributed by atoms with E-state index in [4.69, 9.17) is 14.2 Å². The van der Waals surface area contributed by atoms with Crippen LogP contribution in [0.25, 0.3) is 17.1 Å². The van der Waals surface area contributed by atoms with Crippen molar-refractivity contribution in [3.63, 3.8) is 0 Å². The number of nitrogens with zero attached hydrogens (tertiary/aromatic N) is 4. The second kappa shape index (κ2) is 8.84. The topological polar surface area (TPSA) is 82.2 Å². The van der Waals surface area contributed by atoms with Crippen molar-refractivity contribution in [3.8, 4) is 40.4 Å². The van der Waals surface area contributed by atoms with E-state index in [1.807, 2.05) is 0 Å². The van der Waals surface area contributed by atoms with Crippen LogP contribution in [0, 0.1) is 17.1 Å². The maximum atomic E-state index is 14.6. The van der Waals surface area contributed by atoms with E-state index >= 15 is 0 Å². The summed E-state index contributed by atoms with van der Waals surface area (Å²) in [6, 6.07) is 11.9. The van der Waals surface area contributed by atoms with Crippen LogP contribution in [0.15, 0.2) is 41.6 Å². The van der Waals surface area contributed by atoms with Crippen molar-refractivity contribution < 1.29 is 18.6 Å². The Morgan fingerprint density at radius 1 is 1.07 bits per heavy atom. The monoisotopic (exact) mass is 414 g/mol. The van der Waals surface area contributed by atoms with E-state index in [-0.39, 0.29) is 5.69 Å². The Kier molecular flexibility index (Phi) is 6.24. The predicted molar refractivity (Wildman–Crippen MR) is 107 cm³/mol. The Morgan fingerprint density at radius 3 is 2.28 bits per heavy atom. The van der Waals surface area contributed by atoms with Crippen LogP contribution in [0.1, 0.15) is 6.92 Å². The number of benzene rings is 2. The van der Waals surface area contributed by atoms with E-state index in [1.54, 1.807) is 41.8 Å². The fraction of sp³-hybridized carbons (Fsp3) is 0.250. The van der Waals surface area contributed by atoms with Gasteiger partial charge in [0.25, 0.3) is 0 Å². The van der Waals surface area contributed by atoms with Gasteiger partial charge in [-0.3, -0.25) is 4.57 Å². The van der Waals surface area contributed by atoms with Gasteiger partial charge in [-0.2, -0.15) is 5.26 Å². The number of halogens is 1. The number of para-hydroxylation sites is 1. The average Bonchev–Trinajstić information content (AvgIpc) is 3.15. The molecule has 0 aliphatic heterocycles. The smallest absolute Gasteiger partial charge is 0.203 e. The number of hydrogen-bond donors (Lipinski definition) is 0. The second-order valence-corrected chi connectivity index (χ2v) is 7.20. The van der Waals surface area contributed by atoms with Crippen LogP contribution >= 0.6 is 11.8 Å². The lowest BCUT2D eigenvalue weighted by atomic mass is 10.1. The Morgan fingerprint density at radius 2 is 1.72 bits per heavy atom. The molecule has 9 heteroatoms. The molecule has 29 heavy (non-hydrogen) atoms. The first kappa shape index (κ1) is 20.5. The highest BCUT2D eigenvalue weighted by molar-refractivity contribution is 8.00. The molecular formula is C20H19FN4O3S. The molecule has 0 amide bonds. The molecule has 0 spiro atoms. The molecule has 0 aliphatic carbocycles. The van der Waals surface area contributed by atoms with Gasteiger partial charge in [0.15, 0.2) is 22.5 Å². The van der Waals surface area contributed by atoms with Crippen molar-refractivity contribution in [2.45, 2.75) is 17.3 Å². The number of rotatable bonds is 7. The Labute approximate surface area is 172 Å². The average molecular weight is 414 g/mol. The van der Waals surface area contributed by atoms with Crippen molar-refractivity contribution in [1.29, 1.82) is 5.26 Å². The molecule has 2 aromatic carbocycles. The zero-order valence-corrected chi connectivity index (χ0v) is 17.2. The molecule has 7 nitrogen and oxygen atoms in total. The fourth-order valence-corrected chi connectivity index (χ4v) is 3.53. The van der Waals surface area contributed by atoms with Gasteiger partial charge in [0, 0.05) is 5.56 Å². The summed E-state index contributed by atoms with van der Waals surface area (Å²) < 4.78 is 32.4. The highest BCUT2D eigenvalue weighted by Crippen LogP contribution is 2.42. The Balaban J connectivity index is 2.26. The van der Waals surface area contributed by atoms with E-state index in [0.29, 0.717) is 33.8 Å². The molecule has 1 heterocycles. The predicted octanol–water partition coefficient (Wildman–Crippen LogP) is 4.10. The SMILES string of the molecule is COc1cc(-c2nnc(SC(C)C#N)n2-c2ccccc2F)cc(OC)c1OC. The van der Waals surface area contributed by atoms with E-state index in [1.165, 1.54) is 39.2 Å². The standard InChI is InChI=1S/C20H19FN4O3S/c1-12(11-22)29-20-24-23-19(25(20)15-8-6-5-7-14(15)21)13-9-16(26-2)18(28-4)17(10-13)27-3/h5-10,12H,1-4H3. The number of ether oxygens (including phenoxy) is 3. The van der Waals surface area contributed by atoms with Gasteiger partial charge >= 0.3 is 0 Å². The third kappa shape index (κ3) is 3.98. The lowest BCUT2D eigenvalue weighted by Gasteiger charge is -2.15. The third-order valence-corrected chi connectivity index (χ3v) is 5.05. The van der Waals surface area contributed by atoms with Crippen LogP contribution in [0.2, 0.25) is 0 Å². The minimum absolute atomic E-state index is 0.272. The van der Waals surface area contributed by atoms with Crippen molar-refractivity contribution in [3.05, 3.63) is 42.2 Å². The lowest BCUT2D eigenvalue weighted by molar-refractivity contribution is 0.324. The van der Waals surface area contributed by atoms with Gasteiger partial charge < -0.3 is 14.2 Å². The molecule has 0 saturated carbocycles. The maximum absolute atomic E-state index is 14.6. The van der Waals surface area contributed by atoms with Crippen LogP contribution in [0.4, 0.5) is 4.39 Å². The van der Waals surface area contributed by atoms with Crippen molar-refractivity contribution in [2.75, 3.05) is 21.3 Å². The van der Waals surface area contributed by atoms with E-state index in [0.717, 1.165) is 0 Å². The summed E-state index contributed by atoms with van der Waals surface area (Å²) in [5.41, 5.74) is 0.862. The molecule has 3 aromatic rings. The maximum Gasteiger partial charge on any atom is 0.203 e. The summed E-state index contributed by atoms with van der Waals surface area (Å²) in [4.78, 5) is 0. The molecule has 3 rings (SSSR count). The first-order chi connectivity index (χ1) is 14.0. The number of nitriles is 1. The summed E-state index contributed by atoms with van der Waals surface area (Å²) in [5, 5.41) is 17.6. The molecule has 0 N–H and O–H groups in total. The van der Waals surface area contributed by atoms with Crippen LogP contribution in [0.5, 0.6) is 17.2 Å². The van der Waals surface area contributed by atoms with Gasteiger partial charge in [0.05, 0.1) is 38.3 Å². The van der Waals surface area contributed by atoms with Crippen molar-refractivity contribution in [2.24, 2.45) is 0 Å². The molecule has 0 saturated heterocycles. The zero-order chi connectivity index (χ0) is 21.0. The Bertz CT molecular complexity index is 1040. The van der Waals surface area contributed by atoms with Crippen LogP contribution in [-0.2, 0) is 0 Å². The Hall–Kier alpha value is -3.25. The van der Waals surface area contributed by atoms with Crippen LogP contribution in [-0.4, -0.2) is 41.3 Å². The quantitative estimate of drug-likeness (QED) is 0.538. The first-order valence-corrected chi connectivity index (χ1v) is 9.49. The minimum atomic E-state index is -0.438. The molecule has 0 bridgehead atoms. The number of hydrogen-bond acceptors (Lipinski definition) is 7. The summed E-state index contributed by atoms with van der Waals surface area (Å²) >= 11 is 1.19. The van der Waals surface area contributed by atoms with Crippen LogP contribution < -0.4 is 14.2 Å². The van der Waals surface area contributed by atoms with Gasteiger partial charge in [-0.25, -0.2) is 4.39 Å². The summed E-state index contributed by atoms with van der Waals surface area (Å²) in [6.45, 7) is 1.74. The molecule has 0 fully saturated rings. The van der Waals surface area contributed by atoms with Gasteiger partial charge in [-0.15, -0.1) is 10.2 Å². The number of methoxy groups -OCH3 is 3. The third-order valence-electron chi connectivity index (χ3n) is 4.11. The molecule has 1 unspecified atom stereocenters. The largest absolute Gasteiger partial charge is 0.493 e. The molecule has 150 valence electrons. The lowest BCUT2D eigenvalue weighted by Crippen LogP contribution is -2.04. The van der Waals surface area contributed by atoms with E-state index in [9.17, 15) is 9.65 Å². The summed E-state index contributed by atoms with van der Waals surface area (Å²) in [7, 11) is 4.54. The number of thioether (sulfide) groups is 1. The van der Waals surface area contributed by atoms with Crippen molar-refractivity contribution in [1.82, 2.24) is 14.8 Å². The highest BCUT2D eigenvalue weighted by atomic mass is 32.2. The number of aromatic nitrogens is 3. The summed E-state index contributed by atoms with van der Waals surface area (Å²) in [6.07, 6.45) is 0. The van der Waals surface area contributed by atoms with Gasteiger partial charge in [0.1, 0.15) is 5.82 Å². The summed E-state index contributed by atoms with van der Waals surface area (Å²) in [5.74, 6) is 1.24. The first-order valence-electron chi connectivity index (χ1n) is 8.61. The molecule has 1 aromatic heterocycles. The van der Waals surface area contributed by atoms with E-state index < -0.39 is 11.1 Å². The molecular weight excluding hydrogens is 395 g/mol. The fourth-order valence-electron chi connectivity index (χ4n) is 2.78. The van der Waals surface area contributed by atoms with Gasteiger partial charge in [0.2, 0.25) is 5.75 Å². The van der Waals surface area contributed by atoms with E-state index in [2.05, 4.69) is 16.3 Å². The van der Waals surface area contributed by atoms with Gasteiger partial charge in [-0.05, 0) is 31.2 Å². The molecule has 0 radical (unpaired) electrons. The minimum Gasteiger partial charge on any atom is -0.493 e. The zero-order valence-electron chi connectivity index (χ0n) is 16.3. The van der Waals surface area contributed by atoms with Crippen molar-refractivity contribution >= 4 is 11.8 Å². The van der Waals surface area contributed by atoms with Crippen LogP contribution in [0.3, 0.4) is 0 Å². The molecule has 1 atom stereocenters. The second-order valence-electron chi connectivity index (χ2n) is 5.90. The normalized spacial score (nSPS) is 11.6. The van der Waals surface area contributed by atoms with Gasteiger partial charge in [-0.1, -0.05) is 23.9 Å².